The molecule has 0 saturated heterocycles. The number of hydrogen-bond acceptors (Lipinski definition) is 3. The number of carbonyl (C=O) groups excluding carboxylic acids is 1. The summed E-state index contributed by atoms with van der Waals surface area (Å²) in [6.07, 6.45) is 4.03. The molecule has 0 atom stereocenters. The van der Waals surface area contributed by atoms with Crippen LogP contribution in [0.15, 0.2) is 36.7 Å². The molecule has 0 amide bonds. The summed E-state index contributed by atoms with van der Waals surface area (Å²) >= 11 is 0. The Morgan fingerprint density at radius 1 is 1.37 bits per heavy atom. The maximum absolute atomic E-state index is 11.3. The molecule has 4 nitrogen and oxygen atoms in total. The van der Waals surface area contributed by atoms with E-state index in [9.17, 15) is 4.79 Å². The fourth-order valence-corrected chi connectivity index (χ4v) is 1.85. The van der Waals surface area contributed by atoms with Crippen LogP contribution in [-0.4, -0.2) is 19.1 Å². The zero-order valence-electron chi connectivity index (χ0n) is 11.0. The van der Waals surface area contributed by atoms with E-state index in [0.717, 1.165) is 16.5 Å². The minimum Gasteiger partial charge on any atom is -1.00 e. The summed E-state index contributed by atoms with van der Waals surface area (Å²) in [5.74, 6) is -0.241. The fraction of sp³-hybridized carbons (Fsp3) is 0.286. The Balaban J connectivity index is 0.00000180. The monoisotopic (exact) mass is 372 g/mol. The van der Waals surface area contributed by atoms with E-state index >= 15 is 0 Å². The molecule has 1 aromatic carbocycles. The molecule has 0 aliphatic rings. The lowest BCUT2D eigenvalue weighted by Gasteiger charge is -2.08. The van der Waals surface area contributed by atoms with Crippen molar-refractivity contribution in [1.29, 1.82) is 0 Å². The highest BCUT2D eigenvalue weighted by molar-refractivity contribution is 5.93. The van der Waals surface area contributed by atoms with Gasteiger partial charge in [-0.05, 0) is 18.4 Å². The number of esters is 1. The van der Waals surface area contributed by atoms with Crippen molar-refractivity contribution in [2.45, 2.75) is 6.92 Å². The normalized spacial score (nSPS) is 9.79. The lowest BCUT2D eigenvalue weighted by molar-refractivity contribution is -0.670. The van der Waals surface area contributed by atoms with E-state index in [2.05, 4.69) is 5.32 Å². The first-order chi connectivity index (χ1) is 8.70. The highest BCUT2D eigenvalue weighted by atomic mass is 127. The number of carbonyl (C=O) groups is 1. The number of rotatable bonds is 4. The lowest BCUT2D eigenvalue weighted by Crippen LogP contribution is -3.00. The molecule has 19 heavy (non-hydrogen) atoms. The first-order valence-electron chi connectivity index (χ1n) is 5.98. The second-order valence-corrected chi connectivity index (χ2v) is 4.08. The van der Waals surface area contributed by atoms with Crippen molar-refractivity contribution in [3.8, 4) is 0 Å². The molecule has 0 unspecified atom stereocenters. The smallest absolute Gasteiger partial charge is 0.325 e. The van der Waals surface area contributed by atoms with E-state index in [1.165, 1.54) is 0 Å². The van der Waals surface area contributed by atoms with E-state index < -0.39 is 0 Å². The summed E-state index contributed by atoms with van der Waals surface area (Å²) in [5.41, 5.74) is 0.941. The first kappa shape index (κ1) is 15.7. The second kappa shape index (κ2) is 7.28. The number of nitrogens with zero attached hydrogens (tertiary/aromatic N) is 1. The zero-order chi connectivity index (χ0) is 13.0. The molecule has 2 aromatic rings. The van der Waals surface area contributed by atoms with Gasteiger partial charge < -0.3 is 34.0 Å². The van der Waals surface area contributed by atoms with E-state index in [1.54, 1.807) is 6.92 Å². The van der Waals surface area contributed by atoms with Crippen LogP contribution in [-0.2, 0) is 16.6 Å². The standard InChI is InChI=1S/C14H16N2O2.HI/c1-3-18-14(17)9-15-13-6-4-5-11-7-8-16(2)10-12(11)13;/h4-8,10H,3,9H2,1-2H3;1H. The largest absolute Gasteiger partial charge is 1.00 e. The van der Waals surface area contributed by atoms with Gasteiger partial charge in [-0.2, -0.15) is 0 Å². The van der Waals surface area contributed by atoms with Crippen LogP contribution in [0.2, 0.25) is 0 Å². The maximum atomic E-state index is 11.3. The Morgan fingerprint density at radius 2 is 2.16 bits per heavy atom. The summed E-state index contributed by atoms with van der Waals surface area (Å²) < 4.78 is 6.88. The number of anilines is 1. The third-order valence-corrected chi connectivity index (χ3v) is 2.69. The third kappa shape index (κ3) is 4.05. The number of nitrogens with one attached hydrogen (secondary N) is 1. The van der Waals surface area contributed by atoms with Crippen LogP contribution in [0.1, 0.15) is 6.92 Å². The molecule has 1 N–H and O–H groups in total. The van der Waals surface area contributed by atoms with Crippen molar-refractivity contribution >= 4 is 22.4 Å². The highest BCUT2D eigenvalue weighted by Crippen LogP contribution is 2.21. The summed E-state index contributed by atoms with van der Waals surface area (Å²) in [6.45, 7) is 2.40. The van der Waals surface area contributed by atoms with Gasteiger partial charge in [0.1, 0.15) is 13.6 Å². The van der Waals surface area contributed by atoms with E-state index in [1.807, 2.05) is 48.3 Å². The van der Waals surface area contributed by atoms with Crippen molar-refractivity contribution in [3.63, 3.8) is 0 Å². The van der Waals surface area contributed by atoms with Crippen molar-refractivity contribution < 1.29 is 38.1 Å². The quantitative estimate of drug-likeness (QED) is 0.410. The van der Waals surface area contributed by atoms with Crippen LogP contribution in [0.5, 0.6) is 0 Å². The Morgan fingerprint density at radius 3 is 2.89 bits per heavy atom. The van der Waals surface area contributed by atoms with Gasteiger partial charge in [0, 0.05) is 11.8 Å². The van der Waals surface area contributed by atoms with Gasteiger partial charge in [0.15, 0.2) is 12.4 Å². The van der Waals surface area contributed by atoms with Gasteiger partial charge in [0.25, 0.3) is 0 Å². The van der Waals surface area contributed by atoms with Crippen LogP contribution < -0.4 is 33.9 Å². The minimum absolute atomic E-state index is 0. The predicted octanol–water partition coefficient (Wildman–Crippen LogP) is -1.36. The molecule has 0 fully saturated rings. The number of pyridine rings is 1. The minimum atomic E-state index is -0.241. The fourth-order valence-electron chi connectivity index (χ4n) is 1.85. The molecular formula is C14H17IN2O2. The number of aryl methyl sites for hydroxylation is 1. The van der Waals surface area contributed by atoms with Gasteiger partial charge in [0.05, 0.1) is 12.0 Å². The van der Waals surface area contributed by atoms with Crippen LogP contribution in [0, 0.1) is 0 Å². The summed E-state index contributed by atoms with van der Waals surface area (Å²) in [7, 11) is 1.97. The lowest BCUT2D eigenvalue weighted by atomic mass is 10.1. The molecule has 102 valence electrons. The Labute approximate surface area is 129 Å². The molecule has 0 bridgehead atoms. The molecule has 0 aliphatic heterocycles. The molecule has 0 radical (unpaired) electrons. The average Bonchev–Trinajstić information content (AvgIpc) is 2.36. The van der Waals surface area contributed by atoms with Gasteiger partial charge in [-0.1, -0.05) is 12.1 Å². The number of hydrogen-bond donors (Lipinski definition) is 1. The van der Waals surface area contributed by atoms with Gasteiger partial charge in [0.2, 0.25) is 0 Å². The second-order valence-electron chi connectivity index (χ2n) is 4.08. The van der Waals surface area contributed by atoms with Gasteiger partial charge in [-0.25, -0.2) is 4.57 Å². The van der Waals surface area contributed by atoms with Gasteiger partial charge in [-0.15, -0.1) is 0 Å². The molecule has 5 heteroatoms. The summed E-state index contributed by atoms with van der Waals surface area (Å²) in [4.78, 5) is 11.3. The predicted molar refractivity (Wildman–Crippen MR) is 70.2 cm³/mol. The number of halogens is 1. The molecule has 2 rings (SSSR count). The molecule has 0 spiro atoms. The SMILES string of the molecule is CCOC(=O)CNc1cccc2cc[n+](C)cc12.[I-]. The maximum Gasteiger partial charge on any atom is 0.325 e. The van der Waals surface area contributed by atoms with Gasteiger partial charge in [-0.3, -0.25) is 4.79 Å². The Kier molecular flexibility index (Phi) is 6.01. The third-order valence-electron chi connectivity index (χ3n) is 2.69. The summed E-state index contributed by atoms with van der Waals surface area (Å²) in [6, 6.07) is 8.02. The Bertz CT molecular complexity index is 572. The number of fused-ring (bicyclic) bond motifs is 1. The van der Waals surface area contributed by atoms with Crippen molar-refractivity contribution in [3.05, 3.63) is 36.7 Å². The molecule has 0 aliphatic carbocycles. The van der Waals surface area contributed by atoms with Crippen LogP contribution >= 0.6 is 0 Å². The molecular weight excluding hydrogens is 355 g/mol. The van der Waals surface area contributed by atoms with Crippen LogP contribution in [0.3, 0.4) is 0 Å². The van der Waals surface area contributed by atoms with E-state index in [0.29, 0.717) is 6.61 Å². The highest BCUT2D eigenvalue weighted by Gasteiger charge is 2.06. The molecule has 1 aromatic heterocycles. The van der Waals surface area contributed by atoms with Gasteiger partial charge >= 0.3 is 5.97 Å². The van der Waals surface area contributed by atoms with Crippen molar-refractivity contribution in [1.82, 2.24) is 0 Å². The zero-order valence-corrected chi connectivity index (χ0v) is 13.2. The van der Waals surface area contributed by atoms with E-state index in [-0.39, 0.29) is 36.5 Å². The first-order valence-corrected chi connectivity index (χ1v) is 5.98. The number of ether oxygens (including phenoxy) is 1. The summed E-state index contributed by atoms with van der Waals surface area (Å²) in [5, 5.41) is 5.34. The molecule has 0 saturated carbocycles. The Hall–Kier alpha value is -1.37. The number of aromatic nitrogens is 1. The van der Waals surface area contributed by atoms with Crippen molar-refractivity contribution in [2.24, 2.45) is 7.05 Å². The van der Waals surface area contributed by atoms with E-state index in [4.69, 9.17) is 4.74 Å². The topological polar surface area (TPSA) is 42.2 Å². The average molecular weight is 372 g/mol. The molecule has 1 heterocycles. The van der Waals surface area contributed by atoms with Crippen LogP contribution in [0.4, 0.5) is 5.69 Å². The number of benzene rings is 1. The van der Waals surface area contributed by atoms with Crippen LogP contribution in [0.25, 0.3) is 10.8 Å². The van der Waals surface area contributed by atoms with Crippen molar-refractivity contribution in [2.75, 3.05) is 18.5 Å².